The number of carbonyl (C=O) groups excluding carboxylic acids is 1. The quantitative estimate of drug-likeness (QED) is 0.706. The van der Waals surface area contributed by atoms with Gasteiger partial charge in [-0.25, -0.2) is 8.42 Å². The van der Waals surface area contributed by atoms with Crippen LogP contribution >= 0.6 is 0 Å². The number of hydrogen-bond donors (Lipinski definition) is 1. The zero-order chi connectivity index (χ0) is 22.4. The fourth-order valence-electron chi connectivity index (χ4n) is 3.82. The number of sulfonamides is 1. The largest absolute Gasteiger partial charge is 0.370 e. The van der Waals surface area contributed by atoms with Gasteiger partial charge in [0.2, 0.25) is 10.0 Å². The van der Waals surface area contributed by atoms with Gasteiger partial charge in [-0.1, -0.05) is 19.9 Å². The summed E-state index contributed by atoms with van der Waals surface area (Å²) in [5, 5.41) is 12.0. The highest BCUT2D eigenvalue weighted by molar-refractivity contribution is 7.89. The minimum atomic E-state index is -3.66. The SMILES string of the molecule is CCN(CC)S(=O)(=O)c1ccc(N2CCCCC2)c(NC(=O)c2cccc(C#N)c2)c1. The molecule has 2 aromatic rings. The summed E-state index contributed by atoms with van der Waals surface area (Å²) in [5.41, 5.74) is 2.01. The lowest BCUT2D eigenvalue weighted by Crippen LogP contribution is -2.32. The molecule has 0 saturated carbocycles. The van der Waals surface area contributed by atoms with Gasteiger partial charge in [0, 0.05) is 31.7 Å². The van der Waals surface area contributed by atoms with Gasteiger partial charge in [0.25, 0.3) is 5.91 Å². The zero-order valence-corrected chi connectivity index (χ0v) is 18.8. The summed E-state index contributed by atoms with van der Waals surface area (Å²) in [4.78, 5) is 15.3. The highest BCUT2D eigenvalue weighted by atomic mass is 32.2. The van der Waals surface area contributed by atoms with Gasteiger partial charge < -0.3 is 10.2 Å². The summed E-state index contributed by atoms with van der Waals surface area (Å²) < 4.78 is 27.5. The molecule has 1 saturated heterocycles. The van der Waals surface area contributed by atoms with Gasteiger partial charge in [0.15, 0.2) is 0 Å². The van der Waals surface area contributed by atoms with Crippen LogP contribution in [0, 0.1) is 11.3 Å². The molecule has 8 heteroatoms. The van der Waals surface area contributed by atoms with Crippen molar-refractivity contribution in [3.8, 4) is 6.07 Å². The lowest BCUT2D eigenvalue weighted by Gasteiger charge is -2.31. The Balaban J connectivity index is 2.01. The smallest absolute Gasteiger partial charge is 0.255 e. The van der Waals surface area contributed by atoms with Crippen LogP contribution in [-0.2, 0) is 10.0 Å². The first kappa shape index (κ1) is 22.8. The molecule has 0 atom stereocenters. The molecule has 1 fully saturated rings. The Hall–Kier alpha value is -2.89. The van der Waals surface area contributed by atoms with Crippen molar-refractivity contribution in [1.29, 1.82) is 5.26 Å². The number of rotatable bonds is 7. The van der Waals surface area contributed by atoms with Crippen molar-refractivity contribution < 1.29 is 13.2 Å². The van der Waals surface area contributed by atoms with E-state index in [0.717, 1.165) is 38.0 Å². The molecule has 3 rings (SSSR count). The number of nitriles is 1. The molecule has 1 aliphatic heterocycles. The first-order valence-corrected chi connectivity index (χ1v) is 12.0. The van der Waals surface area contributed by atoms with Crippen LogP contribution in [0.3, 0.4) is 0 Å². The van der Waals surface area contributed by atoms with Crippen molar-refractivity contribution in [2.24, 2.45) is 0 Å². The maximum Gasteiger partial charge on any atom is 0.255 e. The van der Waals surface area contributed by atoms with Gasteiger partial charge in [0.1, 0.15) is 0 Å². The highest BCUT2D eigenvalue weighted by Gasteiger charge is 2.25. The highest BCUT2D eigenvalue weighted by Crippen LogP contribution is 2.32. The lowest BCUT2D eigenvalue weighted by molar-refractivity contribution is 0.102. The average Bonchev–Trinajstić information content (AvgIpc) is 2.80. The Kier molecular flexibility index (Phi) is 7.31. The van der Waals surface area contributed by atoms with Crippen LogP contribution in [0.15, 0.2) is 47.4 Å². The van der Waals surface area contributed by atoms with Gasteiger partial charge in [0.05, 0.1) is 27.9 Å². The molecule has 1 aliphatic rings. The predicted octanol–water partition coefficient (Wildman–Crippen LogP) is 3.83. The molecule has 1 amide bonds. The summed E-state index contributed by atoms with van der Waals surface area (Å²) in [6.45, 7) is 6.05. The Bertz CT molecular complexity index is 1080. The fraction of sp³-hybridized carbons (Fsp3) is 0.391. The number of piperidine rings is 1. The molecule has 31 heavy (non-hydrogen) atoms. The molecular weight excluding hydrogens is 412 g/mol. The number of anilines is 2. The molecule has 0 aliphatic carbocycles. The van der Waals surface area contributed by atoms with Crippen LogP contribution in [0.1, 0.15) is 49.0 Å². The van der Waals surface area contributed by atoms with E-state index in [2.05, 4.69) is 10.2 Å². The topological polar surface area (TPSA) is 93.5 Å². The molecule has 2 aromatic carbocycles. The van der Waals surface area contributed by atoms with Crippen molar-refractivity contribution in [1.82, 2.24) is 4.31 Å². The molecule has 0 spiro atoms. The number of amides is 1. The van der Waals surface area contributed by atoms with E-state index in [1.165, 1.54) is 10.4 Å². The minimum Gasteiger partial charge on any atom is -0.370 e. The van der Waals surface area contributed by atoms with Gasteiger partial charge in [-0.05, 0) is 55.7 Å². The monoisotopic (exact) mass is 440 g/mol. The zero-order valence-electron chi connectivity index (χ0n) is 18.0. The summed E-state index contributed by atoms with van der Waals surface area (Å²) in [5.74, 6) is -0.382. The van der Waals surface area contributed by atoms with E-state index in [1.807, 2.05) is 6.07 Å². The van der Waals surface area contributed by atoms with Crippen LogP contribution < -0.4 is 10.2 Å². The van der Waals surface area contributed by atoms with Gasteiger partial charge in [-0.3, -0.25) is 4.79 Å². The van der Waals surface area contributed by atoms with Crippen molar-refractivity contribution in [2.45, 2.75) is 38.0 Å². The van der Waals surface area contributed by atoms with Crippen LogP contribution in [0.2, 0.25) is 0 Å². The summed E-state index contributed by atoms with van der Waals surface area (Å²) in [6.07, 6.45) is 3.27. The first-order chi connectivity index (χ1) is 14.9. The molecule has 0 aromatic heterocycles. The Morgan fingerprint density at radius 1 is 1.10 bits per heavy atom. The third-order valence-electron chi connectivity index (χ3n) is 5.51. The number of hydrogen-bond acceptors (Lipinski definition) is 5. The van der Waals surface area contributed by atoms with E-state index < -0.39 is 10.0 Å². The van der Waals surface area contributed by atoms with Crippen LogP contribution in [0.4, 0.5) is 11.4 Å². The minimum absolute atomic E-state index is 0.151. The number of nitrogens with one attached hydrogen (secondary N) is 1. The Morgan fingerprint density at radius 3 is 2.45 bits per heavy atom. The molecule has 1 heterocycles. The standard InChI is InChI=1S/C23H28N4O3S/c1-3-27(4-2)31(29,30)20-11-12-22(26-13-6-5-7-14-26)21(16-20)25-23(28)19-10-8-9-18(15-19)17-24/h8-12,15-16H,3-7,13-14H2,1-2H3,(H,25,28). The third kappa shape index (κ3) is 5.06. The van der Waals surface area contributed by atoms with Crippen LogP contribution in [-0.4, -0.2) is 44.8 Å². The molecule has 1 N–H and O–H groups in total. The summed E-state index contributed by atoms with van der Waals surface area (Å²) in [6, 6.07) is 13.4. The second kappa shape index (κ2) is 9.94. The normalized spacial score (nSPS) is 14.3. The van der Waals surface area contributed by atoms with E-state index in [0.29, 0.717) is 29.9 Å². The van der Waals surface area contributed by atoms with E-state index in [-0.39, 0.29) is 10.8 Å². The van der Waals surface area contributed by atoms with Crippen LogP contribution in [0.5, 0.6) is 0 Å². The molecule has 164 valence electrons. The van der Waals surface area contributed by atoms with Gasteiger partial charge in [-0.15, -0.1) is 0 Å². The maximum atomic E-state index is 13.0. The Labute approximate surface area is 184 Å². The van der Waals surface area contributed by atoms with Gasteiger partial charge in [-0.2, -0.15) is 9.57 Å². The van der Waals surface area contributed by atoms with E-state index in [4.69, 9.17) is 5.26 Å². The summed E-state index contributed by atoms with van der Waals surface area (Å²) in [7, 11) is -3.66. The van der Waals surface area contributed by atoms with Gasteiger partial charge >= 0.3 is 0 Å². The second-order valence-electron chi connectivity index (χ2n) is 7.46. The average molecular weight is 441 g/mol. The fourth-order valence-corrected chi connectivity index (χ4v) is 5.31. The molecular formula is C23H28N4O3S. The van der Waals surface area contributed by atoms with E-state index in [9.17, 15) is 13.2 Å². The van der Waals surface area contributed by atoms with E-state index >= 15 is 0 Å². The molecule has 7 nitrogen and oxygen atoms in total. The third-order valence-corrected chi connectivity index (χ3v) is 7.56. The molecule has 0 unspecified atom stereocenters. The summed E-state index contributed by atoms with van der Waals surface area (Å²) >= 11 is 0. The first-order valence-electron chi connectivity index (χ1n) is 10.6. The number of carbonyl (C=O) groups is 1. The molecule has 0 radical (unpaired) electrons. The van der Waals surface area contributed by atoms with Crippen molar-refractivity contribution in [3.05, 3.63) is 53.6 Å². The predicted molar refractivity (Wildman–Crippen MR) is 122 cm³/mol. The van der Waals surface area contributed by atoms with Crippen LogP contribution in [0.25, 0.3) is 0 Å². The number of nitrogens with zero attached hydrogens (tertiary/aromatic N) is 3. The van der Waals surface area contributed by atoms with E-state index in [1.54, 1.807) is 50.2 Å². The second-order valence-corrected chi connectivity index (χ2v) is 9.40. The van der Waals surface area contributed by atoms with Crippen molar-refractivity contribution in [3.63, 3.8) is 0 Å². The Morgan fingerprint density at radius 2 is 1.81 bits per heavy atom. The van der Waals surface area contributed by atoms with Crippen molar-refractivity contribution >= 4 is 27.3 Å². The number of benzene rings is 2. The lowest BCUT2D eigenvalue weighted by atomic mass is 10.1. The molecule has 0 bridgehead atoms. The maximum absolute atomic E-state index is 13.0. The van der Waals surface area contributed by atoms with Crippen molar-refractivity contribution in [2.75, 3.05) is 36.4 Å².